The number of anilines is 1. The first-order valence-electron chi connectivity index (χ1n) is 8.09. The van der Waals surface area contributed by atoms with Crippen molar-refractivity contribution < 1.29 is 27.1 Å². The van der Waals surface area contributed by atoms with Crippen LogP contribution in [0.4, 0.5) is 23.4 Å². The van der Waals surface area contributed by atoms with Gasteiger partial charge in [-0.3, -0.25) is 9.79 Å². The SMILES string of the molecule is Cc1cc(OC2C=CC(C(F)(F)F)=NC2)cc(C(=O)Nc2cc(F)ccn2)n1. The van der Waals surface area contributed by atoms with E-state index >= 15 is 0 Å². The topological polar surface area (TPSA) is 76.5 Å². The second-order valence-electron chi connectivity index (χ2n) is 5.88. The number of rotatable bonds is 4. The van der Waals surface area contributed by atoms with Crippen molar-refractivity contribution >= 4 is 17.4 Å². The van der Waals surface area contributed by atoms with Crippen LogP contribution in [-0.4, -0.2) is 40.4 Å². The Morgan fingerprint density at radius 2 is 2.07 bits per heavy atom. The molecule has 0 bridgehead atoms. The Balaban J connectivity index is 1.71. The van der Waals surface area contributed by atoms with Gasteiger partial charge in [0.15, 0.2) is 0 Å². The van der Waals surface area contributed by atoms with Gasteiger partial charge < -0.3 is 10.1 Å². The number of alkyl halides is 3. The van der Waals surface area contributed by atoms with Crippen molar-refractivity contribution in [2.75, 3.05) is 11.9 Å². The van der Waals surface area contributed by atoms with Gasteiger partial charge in [-0.05, 0) is 25.1 Å². The molecule has 0 fully saturated rings. The molecule has 0 radical (unpaired) electrons. The van der Waals surface area contributed by atoms with Crippen LogP contribution in [0.3, 0.4) is 0 Å². The fraction of sp³-hybridized carbons (Fsp3) is 0.222. The number of nitrogens with zero attached hydrogens (tertiary/aromatic N) is 3. The number of ether oxygens (including phenoxy) is 1. The summed E-state index contributed by atoms with van der Waals surface area (Å²) in [6, 6.07) is 5.05. The zero-order valence-corrected chi connectivity index (χ0v) is 14.5. The lowest BCUT2D eigenvalue weighted by Gasteiger charge is -2.19. The number of carbonyl (C=O) groups is 1. The number of dihydropyridines is 1. The molecule has 2 aromatic heterocycles. The molecule has 1 amide bonds. The highest BCUT2D eigenvalue weighted by Crippen LogP contribution is 2.22. The van der Waals surface area contributed by atoms with Crippen molar-refractivity contribution in [1.29, 1.82) is 0 Å². The summed E-state index contributed by atoms with van der Waals surface area (Å²) in [5, 5.41) is 2.41. The predicted molar refractivity (Wildman–Crippen MR) is 93.0 cm³/mol. The van der Waals surface area contributed by atoms with Crippen LogP contribution in [0.2, 0.25) is 0 Å². The highest BCUT2D eigenvalue weighted by atomic mass is 19.4. The summed E-state index contributed by atoms with van der Waals surface area (Å²) < 4.78 is 56.6. The summed E-state index contributed by atoms with van der Waals surface area (Å²) in [5.41, 5.74) is -0.532. The van der Waals surface area contributed by atoms with Crippen LogP contribution in [0.25, 0.3) is 0 Å². The van der Waals surface area contributed by atoms with E-state index in [4.69, 9.17) is 4.74 Å². The number of aliphatic imine (C=N–C) groups is 1. The summed E-state index contributed by atoms with van der Waals surface area (Å²) >= 11 is 0. The molecule has 0 spiro atoms. The van der Waals surface area contributed by atoms with Crippen molar-refractivity contribution in [3.8, 4) is 5.75 Å². The van der Waals surface area contributed by atoms with Gasteiger partial charge in [0.25, 0.3) is 5.91 Å². The molecule has 28 heavy (non-hydrogen) atoms. The summed E-state index contributed by atoms with van der Waals surface area (Å²) in [6.07, 6.45) is -1.92. The van der Waals surface area contributed by atoms with Crippen LogP contribution in [0.5, 0.6) is 5.75 Å². The number of nitrogens with one attached hydrogen (secondary N) is 1. The van der Waals surface area contributed by atoms with Crippen LogP contribution in [-0.2, 0) is 0 Å². The van der Waals surface area contributed by atoms with Gasteiger partial charge in [0.1, 0.15) is 34.9 Å². The molecule has 0 aromatic carbocycles. The highest BCUT2D eigenvalue weighted by molar-refractivity contribution is 6.02. The molecule has 1 N–H and O–H groups in total. The Morgan fingerprint density at radius 3 is 2.71 bits per heavy atom. The standard InChI is InChI=1S/C18H14F4N4O2/c1-10-6-13(28-12-2-3-15(24-9-12)18(20,21)22)8-14(25-10)17(27)26-16-7-11(19)4-5-23-16/h2-8,12H,9H2,1H3,(H,23,26,27). The predicted octanol–water partition coefficient (Wildman–Crippen LogP) is 3.50. The van der Waals surface area contributed by atoms with E-state index in [1.54, 1.807) is 6.92 Å². The first-order valence-corrected chi connectivity index (χ1v) is 8.09. The number of pyridine rings is 2. The monoisotopic (exact) mass is 394 g/mol. The van der Waals surface area contributed by atoms with E-state index < -0.39 is 29.7 Å². The van der Waals surface area contributed by atoms with E-state index in [2.05, 4.69) is 20.3 Å². The van der Waals surface area contributed by atoms with Crippen molar-refractivity contribution in [2.45, 2.75) is 19.2 Å². The van der Waals surface area contributed by atoms with Crippen molar-refractivity contribution in [3.05, 3.63) is 59.8 Å². The number of aromatic nitrogens is 2. The molecule has 0 aliphatic carbocycles. The van der Waals surface area contributed by atoms with Crippen LogP contribution in [0, 0.1) is 12.7 Å². The third kappa shape index (κ3) is 4.90. The minimum atomic E-state index is -4.51. The number of hydrogen-bond acceptors (Lipinski definition) is 5. The largest absolute Gasteiger partial charge is 0.484 e. The molecule has 10 heteroatoms. The highest BCUT2D eigenvalue weighted by Gasteiger charge is 2.35. The van der Waals surface area contributed by atoms with Gasteiger partial charge in [0.05, 0.1) is 6.54 Å². The van der Waals surface area contributed by atoms with E-state index in [0.29, 0.717) is 5.69 Å². The minimum Gasteiger partial charge on any atom is -0.484 e. The Labute approximate surface area is 157 Å². The zero-order valence-electron chi connectivity index (χ0n) is 14.5. The molecule has 3 rings (SSSR count). The third-order valence-electron chi connectivity index (χ3n) is 3.61. The minimum absolute atomic E-state index is 0.0136. The number of carbonyl (C=O) groups excluding carboxylic acids is 1. The number of halogens is 4. The Morgan fingerprint density at radius 1 is 1.29 bits per heavy atom. The van der Waals surface area contributed by atoms with E-state index in [0.717, 1.165) is 18.2 Å². The number of aryl methyl sites for hydroxylation is 1. The molecule has 6 nitrogen and oxygen atoms in total. The number of hydrogen-bond donors (Lipinski definition) is 1. The first-order chi connectivity index (χ1) is 13.2. The number of amides is 1. The Kier molecular flexibility index (Phi) is 5.39. The molecule has 3 heterocycles. The van der Waals surface area contributed by atoms with Crippen LogP contribution in [0.1, 0.15) is 16.2 Å². The van der Waals surface area contributed by atoms with Gasteiger partial charge in [-0.1, -0.05) is 0 Å². The molecule has 1 aliphatic rings. The Hall–Kier alpha value is -3.30. The van der Waals surface area contributed by atoms with E-state index in [1.807, 2.05) is 0 Å². The normalized spacial score (nSPS) is 16.5. The molecule has 1 aliphatic heterocycles. The first kappa shape index (κ1) is 19.5. The quantitative estimate of drug-likeness (QED) is 0.806. The van der Waals surface area contributed by atoms with Gasteiger partial charge >= 0.3 is 6.18 Å². The van der Waals surface area contributed by atoms with E-state index in [9.17, 15) is 22.4 Å². The lowest BCUT2D eigenvalue weighted by Crippen LogP contribution is -2.29. The van der Waals surface area contributed by atoms with Crippen LogP contribution in [0.15, 0.2) is 47.6 Å². The molecule has 146 valence electrons. The maximum atomic E-state index is 13.2. The molecule has 1 atom stereocenters. The summed E-state index contributed by atoms with van der Waals surface area (Å²) in [7, 11) is 0. The van der Waals surface area contributed by atoms with Crippen molar-refractivity contribution in [3.63, 3.8) is 0 Å². The van der Waals surface area contributed by atoms with Crippen molar-refractivity contribution in [2.24, 2.45) is 4.99 Å². The maximum Gasteiger partial charge on any atom is 0.432 e. The van der Waals surface area contributed by atoms with Gasteiger partial charge in [0, 0.05) is 30.1 Å². The second-order valence-corrected chi connectivity index (χ2v) is 5.88. The molecule has 1 unspecified atom stereocenters. The number of allylic oxidation sites excluding steroid dienone is 1. The summed E-state index contributed by atoms with van der Waals surface area (Å²) in [6.45, 7) is 1.42. The smallest absolute Gasteiger partial charge is 0.432 e. The fourth-order valence-corrected chi connectivity index (χ4v) is 2.41. The zero-order chi connectivity index (χ0) is 20.3. The van der Waals surface area contributed by atoms with Crippen LogP contribution >= 0.6 is 0 Å². The Bertz CT molecular complexity index is 957. The van der Waals surface area contributed by atoms with Gasteiger partial charge in [0.2, 0.25) is 0 Å². The molecule has 0 saturated heterocycles. The molecular formula is C18H14F4N4O2. The van der Waals surface area contributed by atoms with Crippen LogP contribution < -0.4 is 10.1 Å². The third-order valence-corrected chi connectivity index (χ3v) is 3.61. The maximum absolute atomic E-state index is 13.2. The van der Waals surface area contributed by atoms with Gasteiger partial charge in [-0.25, -0.2) is 14.4 Å². The van der Waals surface area contributed by atoms with Crippen molar-refractivity contribution in [1.82, 2.24) is 9.97 Å². The van der Waals surface area contributed by atoms with E-state index in [1.165, 1.54) is 24.4 Å². The fourth-order valence-electron chi connectivity index (χ4n) is 2.41. The van der Waals surface area contributed by atoms with E-state index in [-0.39, 0.29) is 23.8 Å². The van der Waals surface area contributed by atoms with Gasteiger partial charge in [-0.2, -0.15) is 13.2 Å². The molecule has 2 aromatic rings. The lowest BCUT2D eigenvalue weighted by atomic mass is 10.2. The average Bonchev–Trinajstić information content (AvgIpc) is 2.61. The lowest BCUT2D eigenvalue weighted by molar-refractivity contribution is -0.0581. The molecular weight excluding hydrogens is 380 g/mol. The summed E-state index contributed by atoms with van der Waals surface area (Å²) in [5.74, 6) is -0.942. The summed E-state index contributed by atoms with van der Waals surface area (Å²) in [4.78, 5) is 23.7. The second kappa shape index (κ2) is 7.75. The average molecular weight is 394 g/mol. The van der Waals surface area contributed by atoms with Gasteiger partial charge in [-0.15, -0.1) is 0 Å². The molecule has 0 saturated carbocycles.